The molecule has 0 aliphatic carbocycles. The maximum atomic E-state index is 6.32. The Morgan fingerprint density at radius 3 is 2.66 bits per heavy atom. The molecule has 0 fully saturated rings. The maximum absolute atomic E-state index is 6.32. The Kier molecular flexibility index (Phi) is 6.54. The van der Waals surface area contributed by atoms with Gasteiger partial charge in [0.25, 0.3) is 0 Å². The molecule has 4 nitrogen and oxygen atoms in total. The molecule has 0 atom stereocenters. The zero-order valence-electron chi connectivity index (χ0n) is 20.7. The van der Waals surface area contributed by atoms with Crippen LogP contribution in [-0.2, 0) is 6.61 Å². The van der Waals surface area contributed by atoms with Crippen LogP contribution in [-0.4, -0.2) is 18.8 Å². The van der Waals surface area contributed by atoms with Crippen LogP contribution in [0.5, 0.6) is 23.0 Å². The van der Waals surface area contributed by atoms with E-state index in [2.05, 4.69) is 63.3 Å². The van der Waals surface area contributed by atoms with Gasteiger partial charge in [-0.05, 0) is 68.3 Å². The predicted octanol–water partition coefficient (Wildman–Crippen LogP) is 7.56. The lowest BCUT2D eigenvalue weighted by molar-refractivity contribution is 0.158. The normalized spacial score (nSPS) is 15.2. The standard InChI is InChI=1S/C31H32O4/c1-4-5-17-32-25-12-13-26(29(19-25)33-20-22-9-7-6-8-10-22)24-18-23-11-14-28-27(30(23)34-21-24)15-16-31(2,3)35-28/h6-16,18-19H,4-5,17,20-21H2,1-3H3. The molecule has 2 heterocycles. The van der Waals surface area contributed by atoms with E-state index < -0.39 is 0 Å². The van der Waals surface area contributed by atoms with Crippen LogP contribution in [0.15, 0.2) is 66.7 Å². The van der Waals surface area contributed by atoms with Crippen molar-refractivity contribution < 1.29 is 18.9 Å². The first-order chi connectivity index (χ1) is 17.0. The van der Waals surface area contributed by atoms with Crippen LogP contribution in [0.3, 0.4) is 0 Å². The molecule has 4 heteroatoms. The van der Waals surface area contributed by atoms with Crippen molar-refractivity contribution in [3.63, 3.8) is 0 Å². The summed E-state index contributed by atoms with van der Waals surface area (Å²) in [4.78, 5) is 0. The lowest BCUT2D eigenvalue weighted by Crippen LogP contribution is -2.27. The zero-order valence-corrected chi connectivity index (χ0v) is 20.7. The molecule has 180 valence electrons. The van der Waals surface area contributed by atoms with Crippen LogP contribution in [0.2, 0.25) is 0 Å². The number of fused-ring (bicyclic) bond motifs is 3. The van der Waals surface area contributed by atoms with Gasteiger partial charge in [-0.2, -0.15) is 0 Å². The van der Waals surface area contributed by atoms with E-state index in [0.717, 1.165) is 63.7 Å². The molecule has 0 saturated heterocycles. The van der Waals surface area contributed by atoms with Gasteiger partial charge in [0.1, 0.15) is 41.8 Å². The molecule has 2 aliphatic heterocycles. The third-order valence-electron chi connectivity index (χ3n) is 6.22. The van der Waals surface area contributed by atoms with Gasteiger partial charge in [-0.25, -0.2) is 0 Å². The van der Waals surface area contributed by atoms with E-state index in [1.165, 1.54) is 0 Å². The SMILES string of the molecule is CCCCOc1ccc(C2=Cc3ccc4c(c3OC2)C=CC(C)(C)O4)c(OCc2ccccc2)c1. The number of hydrogen-bond donors (Lipinski definition) is 0. The van der Waals surface area contributed by atoms with E-state index in [0.29, 0.717) is 19.8 Å². The van der Waals surface area contributed by atoms with Crippen LogP contribution in [0.25, 0.3) is 17.7 Å². The van der Waals surface area contributed by atoms with Gasteiger partial charge in [0, 0.05) is 22.8 Å². The summed E-state index contributed by atoms with van der Waals surface area (Å²) >= 11 is 0. The molecule has 0 bridgehead atoms. The molecule has 0 saturated carbocycles. The number of hydrogen-bond acceptors (Lipinski definition) is 4. The van der Waals surface area contributed by atoms with Gasteiger partial charge in [0.05, 0.1) is 12.2 Å². The first kappa shape index (κ1) is 23.1. The highest BCUT2D eigenvalue weighted by molar-refractivity contribution is 5.90. The number of rotatable bonds is 8. The van der Waals surface area contributed by atoms with E-state index in [4.69, 9.17) is 18.9 Å². The second-order valence-electron chi connectivity index (χ2n) is 9.53. The second kappa shape index (κ2) is 9.91. The summed E-state index contributed by atoms with van der Waals surface area (Å²) in [5, 5.41) is 0. The van der Waals surface area contributed by atoms with Gasteiger partial charge < -0.3 is 18.9 Å². The number of unbranched alkanes of at least 4 members (excludes halogenated alkanes) is 1. The minimum absolute atomic E-state index is 0.317. The van der Waals surface area contributed by atoms with Crippen molar-refractivity contribution in [1.82, 2.24) is 0 Å². The molecule has 3 aromatic rings. The second-order valence-corrected chi connectivity index (χ2v) is 9.53. The fraction of sp³-hybridized carbons (Fsp3) is 0.290. The third kappa shape index (κ3) is 5.22. The Bertz CT molecular complexity index is 1250. The van der Waals surface area contributed by atoms with E-state index in [1.54, 1.807) is 0 Å². The van der Waals surface area contributed by atoms with Crippen LogP contribution in [0.1, 0.15) is 55.9 Å². The first-order valence-electron chi connectivity index (χ1n) is 12.3. The van der Waals surface area contributed by atoms with Crippen molar-refractivity contribution >= 4 is 17.7 Å². The van der Waals surface area contributed by atoms with Crippen molar-refractivity contribution in [3.05, 3.63) is 89.0 Å². The summed E-state index contributed by atoms with van der Waals surface area (Å²) in [5.74, 6) is 3.34. The molecule has 5 rings (SSSR count). The maximum Gasteiger partial charge on any atom is 0.137 e. The fourth-order valence-electron chi connectivity index (χ4n) is 4.30. The van der Waals surface area contributed by atoms with E-state index in [9.17, 15) is 0 Å². The zero-order chi connectivity index (χ0) is 24.3. The van der Waals surface area contributed by atoms with Gasteiger partial charge in [0.2, 0.25) is 0 Å². The van der Waals surface area contributed by atoms with Crippen LogP contribution in [0, 0.1) is 0 Å². The number of ether oxygens (including phenoxy) is 4. The van der Waals surface area contributed by atoms with Gasteiger partial charge in [-0.15, -0.1) is 0 Å². The average molecular weight is 469 g/mol. The van der Waals surface area contributed by atoms with E-state index in [1.807, 2.05) is 36.4 Å². The molecule has 0 unspecified atom stereocenters. The van der Waals surface area contributed by atoms with Crippen molar-refractivity contribution in [1.29, 1.82) is 0 Å². The molecule has 2 aliphatic rings. The van der Waals surface area contributed by atoms with Crippen molar-refractivity contribution in [2.24, 2.45) is 0 Å². The third-order valence-corrected chi connectivity index (χ3v) is 6.22. The van der Waals surface area contributed by atoms with Crippen LogP contribution < -0.4 is 18.9 Å². The Morgan fingerprint density at radius 2 is 1.83 bits per heavy atom. The Morgan fingerprint density at radius 1 is 0.971 bits per heavy atom. The van der Waals surface area contributed by atoms with Gasteiger partial charge in [0.15, 0.2) is 0 Å². The first-order valence-corrected chi connectivity index (χ1v) is 12.3. The highest BCUT2D eigenvalue weighted by Crippen LogP contribution is 2.43. The topological polar surface area (TPSA) is 36.9 Å². The average Bonchev–Trinajstić information content (AvgIpc) is 2.87. The highest BCUT2D eigenvalue weighted by Gasteiger charge is 2.27. The van der Waals surface area contributed by atoms with Crippen molar-refractivity contribution in [2.75, 3.05) is 13.2 Å². The van der Waals surface area contributed by atoms with Crippen LogP contribution in [0.4, 0.5) is 0 Å². The van der Waals surface area contributed by atoms with Crippen molar-refractivity contribution in [2.45, 2.75) is 45.8 Å². The van der Waals surface area contributed by atoms with Crippen LogP contribution >= 0.6 is 0 Å². The minimum atomic E-state index is -0.317. The largest absolute Gasteiger partial charge is 0.493 e. The summed E-state index contributed by atoms with van der Waals surface area (Å²) in [6, 6.07) is 20.4. The van der Waals surface area contributed by atoms with Gasteiger partial charge >= 0.3 is 0 Å². The molecule has 0 spiro atoms. The quantitative estimate of drug-likeness (QED) is 0.320. The Balaban J connectivity index is 1.46. The number of benzene rings is 3. The Labute approximate surface area is 207 Å². The molecular formula is C31H32O4. The van der Waals surface area contributed by atoms with E-state index >= 15 is 0 Å². The monoisotopic (exact) mass is 468 g/mol. The van der Waals surface area contributed by atoms with Crippen molar-refractivity contribution in [3.8, 4) is 23.0 Å². The smallest absolute Gasteiger partial charge is 0.137 e. The summed E-state index contributed by atoms with van der Waals surface area (Å²) in [6.45, 7) is 7.91. The lowest BCUT2D eigenvalue weighted by Gasteiger charge is -2.30. The van der Waals surface area contributed by atoms with Gasteiger partial charge in [-0.3, -0.25) is 0 Å². The predicted molar refractivity (Wildman–Crippen MR) is 141 cm³/mol. The lowest BCUT2D eigenvalue weighted by atomic mass is 9.95. The Hall–Kier alpha value is -3.66. The molecule has 0 N–H and O–H groups in total. The molecule has 0 radical (unpaired) electrons. The molecule has 3 aromatic carbocycles. The highest BCUT2D eigenvalue weighted by atomic mass is 16.5. The summed E-state index contributed by atoms with van der Waals surface area (Å²) in [7, 11) is 0. The summed E-state index contributed by atoms with van der Waals surface area (Å²) in [5.41, 5.74) is 4.92. The fourth-order valence-corrected chi connectivity index (χ4v) is 4.30. The van der Waals surface area contributed by atoms with Gasteiger partial charge in [-0.1, -0.05) is 43.7 Å². The molecule has 0 amide bonds. The summed E-state index contributed by atoms with van der Waals surface area (Å²) < 4.78 is 24.7. The molecule has 35 heavy (non-hydrogen) atoms. The van der Waals surface area contributed by atoms with E-state index in [-0.39, 0.29) is 5.60 Å². The molecule has 0 aromatic heterocycles. The minimum Gasteiger partial charge on any atom is -0.493 e. The summed E-state index contributed by atoms with van der Waals surface area (Å²) in [6.07, 6.45) is 8.49. The molecular weight excluding hydrogens is 436 g/mol.